The molecule has 1 spiro atoms. The van der Waals surface area contributed by atoms with Gasteiger partial charge < -0.3 is 20.9 Å². The van der Waals surface area contributed by atoms with Gasteiger partial charge in [-0.1, -0.05) is 18.2 Å². The number of carbonyl (C=O) groups excluding carboxylic acids is 5. The lowest BCUT2D eigenvalue weighted by molar-refractivity contribution is -0.141. The summed E-state index contributed by atoms with van der Waals surface area (Å²) in [6.07, 6.45) is 5.71. The zero-order valence-corrected chi connectivity index (χ0v) is 22.0. The van der Waals surface area contributed by atoms with E-state index in [0.717, 1.165) is 42.2 Å². The molecule has 3 N–H and O–H groups in total. The molecule has 2 saturated carbocycles. The molecule has 2 aliphatic carbocycles. The van der Waals surface area contributed by atoms with Crippen LogP contribution in [-0.4, -0.2) is 65.5 Å². The highest BCUT2D eigenvalue weighted by Crippen LogP contribution is 2.55. The average Bonchev–Trinajstić information content (AvgIpc) is 3.80. The highest BCUT2D eigenvalue weighted by molar-refractivity contribution is 7.20. The molecule has 2 aromatic rings. The number of piperidine rings is 1. The minimum Gasteiger partial charge on any atom is -0.356 e. The summed E-state index contributed by atoms with van der Waals surface area (Å²) < 4.78 is 1.01. The lowest BCUT2D eigenvalue weighted by atomic mass is 9.86. The van der Waals surface area contributed by atoms with Gasteiger partial charge in [0.2, 0.25) is 17.6 Å². The first-order valence-corrected chi connectivity index (χ1v) is 14.4. The van der Waals surface area contributed by atoms with E-state index >= 15 is 0 Å². The van der Waals surface area contributed by atoms with Crippen LogP contribution in [0.1, 0.15) is 61.0 Å². The Balaban J connectivity index is 1.23. The number of benzene rings is 1. The van der Waals surface area contributed by atoms with Crippen LogP contribution in [0.25, 0.3) is 10.1 Å². The molecule has 9 nitrogen and oxygen atoms in total. The van der Waals surface area contributed by atoms with E-state index in [0.29, 0.717) is 30.8 Å². The van der Waals surface area contributed by atoms with Gasteiger partial charge in [-0.15, -0.1) is 11.3 Å². The molecule has 6 rings (SSSR count). The Morgan fingerprint density at radius 3 is 2.58 bits per heavy atom. The zero-order chi connectivity index (χ0) is 26.4. The van der Waals surface area contributed by atoms with Crippen molar-refractivity contribution in [1.82, 2.24) is 20.9 Å². The third kappa shape index (κ3) is 5.06. The molecular weight excluding hydrogens is 504 g/mol. The van der Waals surface area contributed by atoms with E-state index in [-0.39, 0.29) is 29.7 Å². The number of hydrogen-bond donors (Lipinski definition) is 3. The van der Waals surface area contributed by atoms with Crippen LogP contribution in [-0.2, 0) is 19.2 Å². The average molecular weight is 537 g/mol. The van der Waals surface area contributed by atoms with Crippen molar-refractivity contribution >= 4 is 50.8 Å². The van der Waals surface area contributed by atoms with Crippen molar-refractivity contribution in [2.75, 3.05) is 13.1 Å². The van der Waals surface area contributed by atoms with Gasteiger partial charge in [-0.25, -0.2) is 0 Å². The third-order valence-electron chi connectivity index (χ3n) is 8.49. The fourth-order valence-corrected chi connectivity index (χ4v) is 6.79. The summed E-state index contributed by atoms with van der Waals surface area (Å²) in [5.74, 6) is -2.69. The van der Waals surface area contributed by atoms with Crippen molar-refractivity contribution in [2.24, 2.45) is 11.3 Å². The number of thiophene rings is 1. The maximum absolute atomic E-state index is 13.8. The van der Waals surface area contributed by atoms with E-state index in [2.05, 4.69) is 16.0 Å². The van der Waals surface area contributed by atoms with Gasteiger partial charge in [0.15, 0.2) is 0 Å². The Hall–Kier alpha value is -3.27. The summed E-state index contributed by atoms with van der Waals surface area (Å²) >= 11 is 1.41. The summed E-state index contributed by atoms with van der Waals surface area (Å²) in [5.41, 5.74) is 0.0626. The molecule has 1 aromatic carbocycles. The molecule has 3 atom stereocenters. The van der Waals surface area contributed by atoms with Gasteiger partial charge >= 0.3 is 0 Å². The van der Waals surface area contributed by atoms with Gasteiger partial charge in [-0.05, 0) is 74.3 Å². The molecular formula is C28H32N4O5S. The summed E-state index contributed by atoms with van der Waals surface area (Å²) in [4.78, 5) is 67.7. The first-order chi connectivity index (χ1) is 18.3. The van der Waals surface area contributed by atoms with Gasteiger partial charge in [-0.3, -0.25) is 24.0 Å². The first-order valence-electron chi connectivity index (χ1n) is 13.5. The Morgan fingerprint density at radius 2 is 1.89 bits per heavy atom. The zero-order valence-electron chi connectivity index (χ0n) is 21.2. The van der Waals surface area contributed by atoms with Crippen LogP contribution in [0.15, 0.2) is 30.3 Å². The van der Waals surface area contributed by atoms with Crippen molar-refractivity contribution in [3.63, 3.8) is 0 Å². The molecule has 0 radical (unpaired) electrons. The maximum Gasteiger partial charge on any atom is 0.289 e. The number of nitrogens with one attached hydrogen (secondary N) is 3. The number of hydrogen-bond acceptors (Lipinski definition) is 6. The second-order valence-corrected chi connectivity index (χ2v) is 12.4. The van der Waals surface area contributed by atoms with Crippen LogP contribution in [0, 0.1) is 11.3 Å². The van der Waals surface area contributed by atoms with Gasteiger partial charge in [0.1, 0.15) is 6.04 Å². The fourth-order valence-electron chi connectivity index (χ4n) is 5.77. The van der Waals surface area contributed by atoms with E-state index in [9.17, 15) is 24.0 Å². The molecule has 0 bridgehead atoms. The van der Waals surface area contributed by atoms with E-state index in [1.807, 2.05) is 30.3 Å². The summed E-state index contributed by atoms with van der Waals surface area (Å²) in [6.45, 7) is 0.978. The van der Waals surface area contributed by atoms with E-state index in [4.69, 9.17) is 0 Å². The van der Waals surface area contributed by atoms with Crippen LogP contribution in [0.4, 0.5) is 0 Å². The largest absolute Gasteiger partial charge is 0.356 e. The van der Waals surface area contributed by atoms with E-state index in [1.165, 1.54) is 11.3 Å². The van der Waals surface area contributed by atoms with Gasteiger partial charge in [-0.2, -0.15) is 0 Å². The molecule has 4 aliphatic rings. The molecule has 4 fully saturated rings. The Kier molecular flexibility index (Phi) is 6.45. The summed E-state index contributed by atoms with van der Waals surface area (Å²) in [6, 6.07) is 7.81. The monoisotopic (exact) mass is 536 g/mol. The number of amides is 4. The topological polar surface area (TPSA) is 125 Å². The third-order valence-corrected chi connectivity index (χ3v) is 9.60. The number of rotatable bonds is 8. The highest BCUT2D eigenvalue weighted by atomic mass is 32.1. The predicted octanol–water partition coefficient (Wildman–Crippen LogP) is 2.14. The Bertz CT molecular complexity index is 1280. The second-order valence-electron chi connectivity index (χ2n) is 11.3. The number of fused-ring (bicyclic) bond motifs is 1. The Morgan fingerprint density at radius 1 is 1.11 bits per heavy atom. The van der Waals surface area contributed by atoms with Crippen LogP contribution in [0.5, 0.6) is 0 Å². The summed E-state index contributed by atoms with van der Waals surface area (Å²) in [7, 11) is 0. The number of nitrogens with zero attached hydrogens (tertiary/aromatic N) is 1. The van der Waals surface area contributed by atoms with Gasteiger partial charge in [0.05, 0.1) is 10.9 Å². The lowest BCUT2D eigenvalue weighted by Gasteiger charge is -2.39. The minimum atomic E-state index is -1.12. The van der Waals surface area contributed by atoms with Crippen LogP contribution in [0.3, 0.4) is 0 Å². The number of carbonyl (C=O) groups is 5. The SMILES string of the molecule is O=C(NC1CC1)C(=O)C(C[C@@H]1CCNC1=O)NC(=O)[C@@H]1CC2(CCN1C(=O)c1cc3ccccc3s1)CC2. The molecule has 1 aromatic heterocycles. The van der Waals surface area contributed by atoms with Crippen LogP contribution >= 0.6 is 11.3 Å². The number of Topliss-reactive ketones (excluding diaryl/α,β-unsaturated/α-hetero) is 1. The molecule has 2 aliphatic heterocycles. The lowest BCUT2D eigenvalue weighted by Crippen LogP contribution is -2.58. The number of ketones is 1. The maximum atomic E-state index is 13.8. The molecule has 4 amide bonds. The van der Waals surface area contributed by atoms with Crippen molar-refractivity contribution < 1.29 is 24.0 Å². The van der Waals surface area contributed by atoms with Crippen LogP contribution in [0.2, 0.25) is 0 Å². The van der Waals surface area contributed by atoms with Crippen molar-refractivity contribution in [1.29, 1.82) is 0 Å². The quantitative estimate of drug-likeness (QED) is 0.446. The van der Waals surface area contributed by atoms with Crippen LogP contribution < -0.4 is 16.0 Å². The molecule has 1 unspecified atom stereocenters. The second kappa shape index (κ2) is 9.80. The van der Waals surface area contributed by atoms with Crippen molar-refractivity contribution in [2.45, 2.75) is 69.5 Å². The minimum absolute atomic E-state index is 0.0000669. The molecule has 10 heteroatoms. The highest BCUT2D eigenvalue weighted by Gasteiger charge is 2.51. The molecule has 2 saturated heterocycles. The standard InChI is InChI=1S/C28H32N4O5S/c33-23(26(36)30-18-5-6-18)19(13-17-7-11-29-24(17)34)31-25(35)20-15-28(8-9-28)10-12-32(20)27(37)22-14-16-3-1-2-4-21(16)38-22/h1-4,14,17-20H,5-13,15H2,(H,29,34)(H,30,36)(H,31,35)/t17-,19?,20-/m0/s1. The predicted molar refractivity (Wildman–Crippen MR) is 141 cm³/mol. The Labute approximate surface area is 224 Å². The number of likely N-dealkylation sites (tertiary alicyclic amines) is 1. The fraction of sp³-hybridized carbons (Fsp3) is 0.536. The molecule has 38 heavy (non-hydrogen) atoms. The molecule has 200 valence electrons. The van der Waals surface area contributed by atoms with E-state index < -0.39 is 35.6 Å². The van der Waals surface area contributed by atoms with Crippen molar-refractivity contribution in [3.8, 4) is 0 Å². The first kappa shape index (κ1) is 25.0. The van der Waals surface area contributed by atoms with Crippen molar-refractivity contribution in [3.05, 3.63) is 35.2 Å². The smallest absolute Gasteiger partial charge is 0.289 e. The summed E-state index contributed by atoms with van der Waals surface area (Å²) in [5, 5.41) is 9.26. The van der Waals surface area contributed by atoms with Gasteiger partial charge in [0, 0.05) is 29.7 Å². The van der Waals surface area contributed by atoms with Gasteiger partial charge in [0.25, 0.3) is 11.8 Å². The molecule has 3 heterocycles. The normalized spacial score (nSPS) is 24.6. The van der Waals surface area contributed by atoms with E-state index in [1.54, 1.807) is 4.90 Å².